The van der Waals surface area contributed by atoms with E-state index >= 15 is 0 Å². The Labute approximate surface area is 175 Å². The van der Waals surface area contributed by atoms with Gasteiger partial charge in [0.25, 0.3) is 0 Å². The number of amides is 1. The van der Waals surface area contributed by atoms with Crippen molar-refractivity contribution in [2.45, 2.75) is 32.4 Å². The molecule has 5 rings (SSSR count). The summed E-state index contributed by atoms with van der Waals surface area (Å²) in [6.45, 7) is 3.31. The number of piperidine rings is 1. The zero-order chi connectivity index (χ0) is 20.6. The number of carbonyl (C=O) groups excluding carboxylic acids is 1. The van der Waals surface area contributed by atoms with Crippen molar-refractivity contribution in [3.8, 4) is 6.07 Å². The predicted molar refractivity (Wildman–Crippen MR) is 111 cm³/mol. The maximum atomic E-state index is 12.7. The fourth-order valence-electron chi connectivity index (χ4n) is 4.76. The molecule has 2 aliphatic carbocycles. The highest BCUT2D eigenvalue weighted by molar-refractivity contribution is 5.93. The minimum Gasteiger partial charge on any atom is -0.329 e. The number of hydrogen-bond donors (Lipinski definition) is 1. The molecule has 1 spiro atoms. The number of rotatable bonds is 4. The Balaban J connectivity index is 1.23. The molecule has 1 saturated heterocycles. The van der Waals surface area contributed by atoms with Crippen LogP contribution in [0.1, 0.15) is 25.0 Å². The molecule has 4 aliphatic rings. The van der Waals surface area contributed by atoms with E-state index in [9.17, 15) is 4.79 Å². The Morgan fingerprint density at radius 3 is 2.87 bits per heavy atom. The zero-order valence-electron chi connectivity index (χ0n) is 16.8. The maximum absolute atomic E-state index is 12.7. The standard InChI is InChI=1S/C24H23N5O/c25-13-18-5-7-19(8-6-18)15-29-17-26-14-20(29)16-28-11-9-24(10-12-28)21-3-1-2-4-22(21)27-23(24)30/h3-5,7-8,14,17-18H,6,9-12,15-16H2,(H,27,30). The maximum Gasteiger partial charge on any atom is 0.235 e. The molecular formula is C24H23N5O. The topological polar surface area (TPSA) is 74.0 Å². The van der Waals surface area contributed by atoms with E-state index < -0.39 is 5.41 Å². The largest absolute Gasteiger partial charge is 0.329 e. The van der Waals surface area contributed by atoms with Crippen LogP contribution >= 0.6 is 0 Å². The lowest BCUT2D eigenvalue weighted by Gasteiger charge is -2.38. The number of aromatic nitrogens is 2. The van der Waals surface area contributed by atoms with Gasteiger partial charge < -0.3 is 9.88 Å². The molecule has 1 N–H and O–H groups in total. The van der Waals surface area contributed by atoms with E-state index in [2.05, 4.69) is 49.5 Å². The van der Waals surface area contributed by atoms with Crippen LogP contribution in [-0.4, -0.2) is 33.4 Å². The van der Waals surface area contributed by atoms with E-state index in [-0.39, 0.29) is 11.8 Å². The Morgan fingerprint density at radius 1 is 1.27 bits per heavy atom. The molecule has 0 aromatic carbocycles. The first-order valence-electron chi connectivity index (χ1n) is 10.4. The minimum absolute atomic E-state index is 0.00918. The van der Waals surface area contributed by atoms with E-state index in [4.69, 9.17) is 5.26 Å². The van der Waals surface area contributed by atoms with Gasteiger partial charge in [-0.25, -0.2) is 4.98 Å². The lowest BCUT2D eigenvalue weighted by Crippen LogP contribution is -2.45. The highest BCUT2D eigenvalue weighted by atomic mass is 16.2. The summed E-state index contributed by atoms with van der Waals surface area (Å²) in [6.07, 6.45) is 16.1. The zero-order valence-corrected chi connectivity index (χ0v) is 16.8. The SMILES string of the molecule is N#CC1C=CC(Cn2cncc2CN2CCC3(CC2)C(=O)NC2=C3C=C=C=C2)=CC1. The number of nitrogens with zero attached hydrogens (tertiary/aromatic N) is 4. The molecule has 6 heteroatoms. The highest BCUT2D eigenvalue weighted by Crippen LogP contribution is 2.45. The van der Waals surface area contributed by atoms with Crippen LogP contribution in [0.2, 0.25) is 0 Å². The summed E-state index contributed by atoms with van der Waals surface area (Å²) in [5, 5.41) is 12.1. The number of carbonyl (C=O) groups is 1. The molecule has 0 bridgehead atoms. The molecule has 1 aromatic rings. The molecule has 6 nitrogen and oxygen atoms in total. The van der Waals surface area contributed by atoms with Crippen molar-refractivity contribution in [3.63, 3.8) is 0 Å². The van der Waals surface area contributed by atoms with Crippen molar-refractivity contribution in [2.75, 3.05) is 13.1 Å². The van der Waals surface area contributed by atoms with Gasteiger partial charge in [0.1, 0.15) is 0 Å². The Bertz CT molecular complexity index is 1120. The third-order valence-corrected chi connectivity index (χ3v) is 6.59. The molecule has 0 saturated carbocycles. The first-order chi connectivity index (χ1) is 14.7. The average Bonchev–Trinajstić information content (AvgIpc) is 3.32. The fraction of sp³-hybridized carbons (Fsp3) is 0.375. The molecule has 0 radical (unpaired) electrons. The Morgan fingerprint density at radius 2 is 2.10 bits per heavy atom. The molecule has 1 atom stereocenters. The Hall–Kier alpha value is -3.35. The summed E-state index contributed by atoms with van der Waals surface area (Å²) in [7, 11) is 0. The highest BCUT2D eigenvalue weighted by Gasteiger charge is 2.49. The normalized spacial score (nSPS) is 24.2. The summed E-state index contributed by atoms with van der Waals surface area (Å²) in [5.74, 6) is 0.104. The van der Waals surface area contributed by atoms with Crippen molar-refractivity contribution in [3.05, 3.63) is 76.9 Å². The summed E-state index contributed by atoms with van der Waals surface area (Å²) in [6, 6.07) is 2.29. The van der Waals surface area contributed by atoms with Crippen molar-refractivity contribution in [1.82, 2.24) is 19.8 Å². The van der Waals surface area contributed by atoms with Gasteiger partial charge in [-0.3, -0.25) is 9.69 Å². The second-order valence-corrected chi connectivity index (χ2v) is 8.34. The van der Waals surface area contributed by atoms with Crippen LogP contribution in [0, 0.1) is 22.7 Å². The number of likely N-dealkylation sites (tertiary alicyclic amines) is 1. The minimum atomic E-state index is -0.424. The predicted octanol–water partition coefficient (Wildman–Crippen LogP) is 2.76. The van der Waals surface area contributed by atoms with Gasteiger partial charge in [-0.15, -0.1) is 0 Å². The van der Waals surface area contributed by atoms with Crippen LogP contribution in [-0.2, 0) is 17.9 Å². The van der Waals surface area contributed by atoms with Crippen LogP contribution < -0.4 is 5.32 Å². The number of nitriles is 1. The molecule has 30 heavy (non-hydrogen) atoms. The quantitative estimate of drug-likeness (QED) is 0.793. The smallest absolute Gasteiger partial charge is 0.235 e. The molecule has 1 unspecified atom stereocenters. The van der Waals surface area contributed by atoms with E-state index in [1.54, 1.807) is 0 Å². The van der Waals surface area contributed by atoms with Crippen molar-refractivity contribution < 1.29 is 4.79 Å². The third-order valence-electron chi connectivity index (χ3n) is 6.59. The molecular weight excluding hydrogens is 374 g/mol. The number of allylic oxidation sites excluding steroid dienone is 6. The van der Waals surface area contributed by atoms with Crippen LogP contribution in [0.15, 0.2) is 71.2 Å². The lowest BCUT2D eigenvalue weighted by molar-refractivity contribution is -0.129. The van der Waals surface area contributed by atoms with Crippen LogP contribution in [0.5, 0.6) is 0 Å². The summed E-state index contributed by atoms with van der Waals surface area (Å²) in [5.41, 5.74) is 9.86. The molecule has 150 valence electrons. The third kappa shape index (κ3) is 3.20. The molecule has 1 amide bonds. The number of hydrogen-bond acceptors (Lipinski definition) is 4. The Kier molecular flexibility index (Phi) is 4.65. The van der Waals surface area contributed by atoms with E-state index in [0.717, 1.165) is 56.7 Å². The molecule has 2 aliphatic heterocycles. The average molecular weight is 397 g/mol. The van der Waals surface area contributed by atoms with Crippen molar-refractivity contribution in [2.24, 2.45) is 11.3 Å². The van der Waals surface area contributed by atoms with E-state index in [1.807, 2.05) is 30.8 Å². The molecule has 3 heterocycles. The second kappa shape index (κ2) is 7.48. The van der Waals surface area contributed by atoms with Crippen LogP contribution in [0.25, 0.3) is 0 Å². The van der Waals surface area contributed by atoms with Crippen molar-refractivity contribution in [1.29, 1.82) is 5.26 Å². The van der Waals surface area contributed by atoms with Gasteiger partial charge in [-0.1, -0.05) is 29.7 Å². The van der Waals surface area contributed by atoms with Crippen LogP contribution in [0.4, 0.5) is 0 Å². The fourth-order valence-corrected chi connectivity index (χ4v) is 4.76. The summed E-state index contributed by atoms with van der Waals surface area (Å²) >= 11 is 0. The number of fused-ring (bicyclic) bond motifs is 1. The van der Waals surface area contributed by atoms with Gasteiger partial charge in [0, 0.05) is 30.9 Å². The van der Waals surface area contributed by atoms with Gasteiger partial charge >= 0.3 is 0 Å². The lowest BCUT2D eigenvalue weighted by atomic mass is 9.72. The first-order valence-corrected chi connectivity index (χ1v) is 10.4. The first kappa shape index (κ1) is 18.7. The molecule has 1 fully saturated rings. The number of imidazole rings is 1. The monoisotopic (exact) mass is 397 g/mol. The van der Waals surface area contributed by atoms with E-state index in [1.165, 1.54) is 11.3 Å². The van der Waals surface area contributed by atoms with Gasteiger partial charge in [-0.2, -0.15) is 5.26 Å². The van der Waals surface area contributed by atoms with Gasteiger partial charge in [-0.05, 0) is 44.0 Å². The number of nitrogens with one attached hydrogen (secondary N) is 1. The van der Waals surface area contributed by atoms with Crippen LogP contribution in [0.3, 0.4) is 0 Å². The van der Waals surface area contributed by atoms with Gasteiger partial charge in [0.05, 0.1) is 35.1 Å². The van der Waals surface area contributed by atoms with Gasteiger partial charge in [0.2, 0.25) is 5.91 Å². The summed E-state index contributed by atoms with van der Waals surface area (Å²) in [4.78, 5) is 19.5. The molecule has 1 aromatic heterocycles. The summed E-state index contributed by atoms with van der Waals surface area (Å²) < 4.78 is 2.18. The van der Waals surface area contributed by atoms with Crippen molar-refractivity contribution >= 4 is 5.91 Å². The van der Waals surface area contributed by atoms with Gasteiger partial charge in [0.15, 0.2) is 0 Å². The second-order valence-electron chi connectivity index (χ2n) is 8.34. The van der Waals surface area contributed by atoms with E-state index in [0.29, 0.717) is 0 Å².